The van der Waals surface area contributed by atoms with Crippen molar-refractivity contribution in [2.24, 2.45) is 5.92 Å². The number of halogens is 1. The summed E-state index contributed by atoms with van der Waals surface area (Å²) in [5.41, 5.74) is 1.41. The van der Waals surface area contributed by atoms with Crippen LogP contribution >= 0.6 is 0 Å². The van der Waals surface area contributed by atoms with Gasteiger partial charge >= 0.3 is 0 Å². The van der Waals surface area contributed by atoms with E-state index in [-0.39, 0.29) is 24.0 Å². The first-order valence-corrected chi connectivity index (χ1v) is 6.32. The Morgan fingerprint density at radius 2 is 1.56 bits per heavy atom. The van der Waals surface area contributed by atoms with E-state index in [1.165, 1.54) is 16.5 Å². The van der Waals surface area contributed by atoms with Crippen LogP contribution in [-0.4, -0.2) is 20.6 Å². The van der Waals surface area contributed by atoms with Crippen LogP contribution in [-0.2, 0) is 0 Å². The second-order valence-corrected chi connectivity index (χ2v) is 5.76. The highest BCUT2D eigenvalue weighted by molar-refractivity contribution is 5.93. The first kappa shape index (κ1) is 15.4. The smallest absolute Gasteiger partial charge is 0.140 e. The molecule has 0 aliphatic heterocycles. The van der Waals surface area contributed by atoms with Crippen molar-refractivity contribution in [3.8, 4) is 0 Å². The second-order valence-electron chi connectivity index (χ2n) is 5.76. The third kappa shape index (κ3) is 3.23. The van der Waals surface area contributed by atoms with E-state index in [4.69, 9.17) is 0 Å². The first-order chi connectivity index (χ1) is 8.00. The van der Waals surface area contributed by atoms with Crippen LogP contribution in [0, 0.1) is 5.92 Å². The Balaban J connectivity index is 0.00000162. The van der Waals surface area contributed by atoms with Crippen molar-refractivity contribution in [3.63, 3.8) is 0 Å². The molecule has 2 aromatic rings. The Labute approximate surface area is 127 Å². The Hall–Kier alpha value is -0.610. The summed E-state index contributed by atoms with van der Waals surface area (Å²) in [6, 6.07) is 15.3. The fourth-order valence-electron chi connectivity index (χ4n) is 2.75. The molecular formula is C16H22IN. The fraction of sp³-hybridized carbons (Fsp3) is 0.375. The molecule has 0 saturated carbocycles. The zero-order valence-electron chi connectivity index (χ0n) is 11.7. The molecule has 0 aromatic heterocycles. The molecule has 1 nitrogen and oxygen atoms in total. The summed E-state index contributed by atoms with van der Waals surface area (Å²) in [5.74, 6) is 0.698. The normalized spacial score (nSPS) is 11.6. The Morgan fingerprint density at radius 3 is 2.22 bits per heavy atom. The van der Waals surface area contributed by atoms with Gasteiger partial charge in [-0.05, 0) is 17.5 Å². The van der Waals surface area contributed by atoms with Gasteiger partial charge in [-0.25, -0.2) is 0 Å². The number of fused-ring (bicyclic) bond motifs is 1. The number of hydrogen-bond acceptors (Lipinski definition) is 0. The van der Waals surface area contributed by atoms with E-state index in [1.54, 1.807) is 0 Å². The van der Waals surface area contributed by atoms with Crippen molar-refractivity contribution in [3.05, 3.63) is 42.5 Å². The molecule has 2 aromatic carbocycles. The number of hydrogen-bond donors (Lipinski definition) is 0. The van der Waals surface area contributed by atoms with Crippen LogP contribution in [0.4, 0.5) is 5.69 Å². The van der Waals surface area contributed by atoms with Gasteiger partial charge in [0.05, 0.1) is 20.6 Å². The maximum absolute atomic E-state index is 2.29. The fourth-order valence-corrected chi connectivity index (χ4v) is 2.75. The number of quaternary nitrogens is 1. The van der Waals surface area contributed by atoms with Gasteiger partial charge in [0.1, 0.15) is 5.69 Å². The average Bonchev–Trinajstić information content (AvgIpc) is 2.26. The van der Waals surface area contributed by atoms with Crippen LogP contribution in [0.15, 0.2) is 42.5 Å². The summed E-state index contributed by atoms with van der Waals surface area (Å²) in [7, 11) is 4.59. The van der Waals surface area contributed by atoms with E-state index < -0.39 is 0 Å². The molecule has 0 saturated heterocycles. The second kappa shape index (κ2) is 6.02. The van der Waals surface area contributed by atoms with Gasteiger partial charge in [0.15, 0.2) is 0 Å². The average molecular weight is 355 g/mol. The van der Waals surface area contributed by atoms with Crippen molar-refractivity contribution < 1.29 is 24.0 Å². The van der Waals surface area contributed by atoms with E-state index >= 15 is 0 Å². The molecule has 2 heteroatoms. The van der Waals surface area contributed by atoms with Crippen LogP contribution in [0.25, 0.3) is 10.8 Å². The molecule has 0 spiro atoms. The van der Waals surface area contributed by atoms with Crippen LogP contribution in [0.2, 0.25) is 0 Å². The molecule has 0 fully saturated rings. The van der Waals surface area contributed by atoms with Gasteiger partial charge < -0.3 is 24.0 Å². The molecule has 0 N–H and O–H groups in total. The highest BCUT2D eigenvalue weighted by Crippen LogP contribution is 2.30. The highest BCUT2D eigenvalue weighted by Gasteiger charge is 2.22. The Morgan fingerprint density at radius 1 is 0.944 bits per heavy atom. The topological polar surface area (TPSA) is 0 Å². The van der Waals surface area contributed by atoms with Gasteiger partial charge in [-0.3, -0.25) is 4.48 Å². The summed E-state index contributed by atoms with van der Waals surface area (Å²) in [6.07, 6.45) is 0. The molecule has 2 rings (SSSR count). The van der Waals surface area contributed by atoms with E-state index in [2.05, 4.69) is 70.4 Å². The van der Waals surface area contributed by atoms with Crippen molar-refractivity contribution in [1.82, 2.24) is 4.48 Å². The molecule has 0 amide bonds. The maximum Gasteiger partial charge on any atom is 0.140 e. The summed E-state index contributed by atoms with van der Waals surface area (Å²) in [6.45, 7) is 5.73. The van der Waals surface area contributed by atoms with Crippen LogP contribution in [0.5, 0.6) is 0 Å². The molecule has 0 heterocycles. The lowest BCUT2D eigenvalue weighted by molar-refractivity contribution is -0.00000393. The molecule has 0 unspecified atom stereocenters. The van der Waals surface area contributed by atoms with E-state index in [1.807, 2.05) is 0 Å². The van der Waals surface area contributed by atoms with Gasteiger partial charge in [0.25, 0.3) is 0 Å². The van der Waals surface area contributed by atoms with Gasteiger partial charge in [0.2, 0.25) is 0 Å². The first-order valence-electron chi connectivity index (χ1n) is 6.32. The van der Waals surface area contributed by atoms with Crippen molar-refractivity contribution in [2.75, 3.05) is 20.6 Å². The molecule has 0 radical (unpaired) electrons. The van der Waals surface area contributed by atoms with Gasteiger partial charge in [0, 0.05) is 11.3 Å². The van der Waals surface area contributed by atoms with Gasteiger partial charge in [-0.1, -0.05) is 44.2 Å². The Kier molecular flexibility index (Phi) is 5.17. The Bertz CT molecular complexity index is 512. The minimum atomic E-state index is 0. The zero-order valence-corrected chi connectivity index (χ0v) is 13.8. The summed E-state index contributed by atoms with van der Waals surface area (Å²) >= 11 is 0. The molecular weight excluding hydrogens is 333 g/mol. The maximum atomic E-state index is 2.29. The van der Waals surface area contributed by atoms with Crippen LogP contribution in [0.1, 0.15) is 13.8 Å². The zero-order chi connectivity index (χ0) is 12.5. The van der Waals surface area contributed by atoms with Gasteiger partial charge in [-0.15, -0.1) is 0 Å². The van der Waals surface area contributed by atoms with E-state index in [9.17, 15) is 0 Å². The molecule has 0 aliphatic rings. The van der Waals surface area contributed by atoms with Crippen molar-refractivity contribution in [1.29, 1.82) is 0 Å². The molecule has 98 valence electrons. The van der Waals surface area contributed by atoms with Gasteiger partial charge in [-0.2, -0.15) is 0 Å². The van der Waals surface area contributed by atoms with Crippen molar-refractivity contribution >= 4 is 16.5 Å². The summed E-state index contributed by atoms with van der Waals surface area (Å²) in [5, 5.41) is 2.71. The molecule has 0 bridgehead atoms. The monoisotopic (exact) mass is 355 g/mol. The van der Waals surface area contributed by atoms with Crippen LogP contribution in [0.3, 0.4) is 0 Å². The lowest BCUT2D eigenvalue weighted by atomic mass is 10.1. The largest absolute Gasteiger partial charge is 1.00 e. The quantitative estimate of drug-likeness (QED) is 0.571. The minimum Gasteiger partial charge on any atom is -1.00 e. The summed E-state index contributed by atoms with van der Waals surface area (Å²) < 4.78 is 0.943. The third-order valence-electron chi connectivity index (χ3n) is 3.24. The van der Waals surface area contributed by atoms with Crippen molar-refractivity contribution in [2.45, 2.75) is 13.8 Å². The predicted octanol–water partition coefficient (Wildman–Crippen LogP) is 1.07. The lowest BCUT2D eigenvalue weighted by Gasteiger charge is -2.32. The number of nitrogens with zero attached hydrogens (tertiary/aromatic N) is 1. The number of rotatable bonds is 3. The molecule has 0 atom stereocenters. The molecule has 0 aliphatic carbocycles. The van der Waals surface area contributed by atoms with Crippen LogP contribution < -0.4 is 28.5 Å². The van der Waals surface area contributed by atoms with E-state index in [0.29, 0.717) is 5.92 Å². The predicted molar refractivity (Wildman–Crippen MR) is 77.3 cm³/mol. The molecule has 18 heavy (non-hydrogen) atoms. The standard InChI is InChI=1S/C16H22N.HI/c1-13(2)12-17(3,4)16-11-7-9-14-8-5-6-10-15(14)16;/h5-11,13H,12H2,1-4H3;1H/q+1;/p-1. The lowest BCUT2D eigenvalue weighted by Crippen LogP contribution is -3.00. The SMILES string of the molecule is CC(C)C[N+](C)(C)c1cccc2ccccc12.[I-]. The number of benzene rings is 2. The highest BCUT2D eigenvalue weighted by atomic mass is 127. The third-order valence-corrected chi connectivity index (χ3v) is 3.24. The minimum absolute atomic E-state index is 0. The summed E-state index contributed by atoms with van der Waals surface area (Å²) in [4.78, 5) is 0. The van der Waals surface area contributed by atoms with E-state index in [0.717, 1.165) is 11.0 Å².